The van der Waals surface area contributed by atoms with E-state index in [0.717, 1.165) is 11.3 Å². The van der Waals surface area contributed by atoms with Crippen LogP contribution in [0.2, 0.25) is 0 Å². The van der Waals surface area contributed by atoms with Crippen molar-refractivity contribution in [2.45, 2.75) is 13.0 Å². The van der Waals surface area contributed by atoms with Crippen LogP contribution in [-0.4, -0.2) is 5.71 Å². The summed E-state index contributed by atoms with van der Waals surface area (Å²) in [5.41, 5.74) is 5.88. The summed E-state index contributed by atoms with van der Waals surface area (Å²) in [4.78, 5) is 4.89. The monoisotopic (exact) mass is 259 g/mol. The predicted octanol–water partition coefficient (Wildman–Crippen LogP) is 4.82. The molecule has 0 aromatic heterocycles. The van der Waals surface area contributed by atoms with Gasteiger partial charge in [0.15, 0.2) is 0 Å². The Labute approximate surface area is 120 Å². The fourth-order valence-electron chi connectivity index (χ4n) is 2.62. The van der Waals surface area contributed by atoms with Crippen LogP contribution in [-0.2, 0) is 0 Å². The van der Waals surface area contributed by atoms with Crippen LogP contribution < -0.4 is 0 Å². The van der Waals surface area contributed by atoms with E-state index in [0.29, 0.717) is 0 Å². The van der Waals surface area contributed by atoms with Gasteiger partial charge in [-0.2, -0.15) is 0 Å². The molecule has 1 aliphatic rings. The zero-order valence-corrected chi connectivity index (χ0v) is 11.6. The van der Waals surface area contributed by atoms with Crippen molar-refractivity contribution in [2.24, 2.45) is 4.99 Å². The summed E-state index contributed by atoms with van der Waals surface area (Å²) in [5, 5.41) is 0. The van der Waals surface area contributed by atoms with Crippen molar-refractivity contribution in [3.05, 3.63) is 89.5 Å². The van der Waals surface area contributed by atoms with Gasteiger partial charge in [-0.1, -0.05) is 73.3 Å². The van der Waals surface area contributed by atoms with Gasteiger partial charge in [-0.3, -0.25) is 4.99 Å². The van der Waals surface area contributed by atoms with E-state index in [1.165, 1.54) is 16.7 Å². The van der Waals surface area contributed by atoms with Gasteiger partial charge in [0, 0.05) is 0 Å². The van der Waals surface area contributed by atoms with Crippen LogP contribution in [0.3, 0.4) is 0 Å². The molecule has 1 heterocycles. The van der Waals surface area contributed by atoms with Gasteiger partial charge in [-0.05, 0) is 29.2 Å². The van der Waals surface area contributed by atoms with Gasteiger partial charge in [0.2, 0.25) is 0 Å². The second kappa shape index (κ2) is 5.30. The topological polar surface area (TPSA) is 12.4 Å². The minimum absolute atomic E-state index is 0.0967. The average Bonchev–Trinajstić information content (AvgIpc) is 2.90. The molecular weight excluding hydrogens is 242 g/mol. The molecule has 0 spiro atoms. The van der Waals surface area contributed by atoms with E-state index < -0.39 is 0 Å². The third-order valence-electron chi connectivity index (χ3n) is 3.63. The first-order chi connectivity index (χ1) is 9.79. The minimum atomic E-state index is 0.0967. The van der Waals surface area contributed by atoms with Crippen molar-refractivity contribution >= 4 is 11.8 Å². The molecule has 0 amide bonds. The van der Waals surface area contributed by atoms with E-state index in [4.69, 9.17) is 4.99 Å². The molecular formula is C19H17N. The zero-order chi connectivity index (χ0) is 13.9. The van der Waals surface area contributed by atoms with Crippen LogP contribution in [0, 0.1) is 0 Å². The summed E-state index contributed by atoms with van der Waals surface area (Å²) >= 11 is 0. The van der Waals surface area contributed by atoms with Crippen LogP contribution in [0.25, 0.3) is 6.08 Å². The molecule has 2 aromatic rings. The summed E-state index contributed by atoms with van der Waals surface area (Å²) in [7, 11) is 0. The zero-order valence-electron chi connectivity index (χ0n) is 11.6. The van der Waals surface area contributed by atoms with Crippen molar-refractivity contribution in [3.63, 3.8) is 0 Å². The number of benzene rings is 2. The van der Waals surface area contributed by atoms with Gasteiger partial charge in [-0.15, -0.1) is 0 Å². The average molecular weight is 259 g/mol. The van der Waals surface area contributed by atoms with Gasteiger partial charge >= 0.3 is 0 Å². The molecule has 1 heteroatoms. The normalized spacial score (nSPS) is 17.6. The first-order valence-electron chi connectivity index (χ1n) is 6.83. The molecule has 0 bridgehead atoms. The Hall–Kier alpha value is -2.41. The molecule has 2 aromatic carbocycles. The summed E-state index contributed by atoms with van der Waals surface area (Å²) in [6.07, 6.45) is 4.12. The van der Waals surface area contributed by atoms with E-state index in [9.17, 15) is 0 Å². The minimum Gasteiger partial charge on any atom is -0.272 e. The number of aliphatic imine (C=N–C) groups is 1. The first kappa shape index (κ1) is 12.6. The Morgan fingerprint density at radius 1 is 1.00 bits per heavy atom. The van der Waals surface area contributed by atoms with E-state index in [1.54, 1.807) is 0 Å². The molecule has 0 radical (unpaired) electrons. The molecule has 0 aliphatic carbocycles. The van der Waals surface area contributed by atoms with Crippen molar-refractivity contribution in [1.82, 2.24) is 0 Å². The maximum absolute atomic E-state index is 4.89. The Kier molecular flexibility index (Phi) is 3.34. The van der Waals surface area contributed by atoms with E-state index in [-0.39, 0.29) is 6.04 Å². The lowest BCUT2D eigenvalue weighted by molar-refractivity contribution is 0.927. The molecule has 1 nitrogen and oxygen atoms in total. The van der Waals surface area contributed by atoms with E-state index in [1.807, 2.05) is 18.2 Å². The maximum atomic E-state index is 4.89. The van der Waals surface area contributed by atoms with E-state index >= 15 is 0 Å². The summed E-state index contributed by atoms with van der Waals surface area (Å²) < 4.78 is 0. The largest absolute Gasteiger partial charge is 0.272 e. The maximum Gasteiger partial charge on any atom is 0.0949 e. The van der Waals surface area contributed by atoms with Gasteiger partial charge in [-0.25, -0.2) is 0 Å². The molecule has 0 fully saturated rings. The number of hydrogen-bond donors (Lipinski definition) is 0. The van der Waals surface area contributed by atoms with Crippen LogP contribution in [0.15, 0.2) is 77.8 Å². The molecule has 3 rings (SSSR count). The van der Waals surface area contributed by atoms with Crippen LogP contribution in [0.5, 0.6) is 0 Å². The molecule has 1 aliphatic heterocycles. The molecule has 1 unspecified atom stereocenters. The number of rotatable bonds is 3. The Morgan fingerprint density at radius 3 is 2.45 bits per heavy atom. The predicted molar refractivity (Wildman–Crippen MR) is 86.0 cm³/mol. The number of allylic oxidation sites excluding steroid dienone is 1. The first-order valence-corrected chi connectivity index (χ1v) is 6.83. The molecule has 0 saturated heterocycles. The number of hydrogen-bond acceptors (Lipinski definition) is 1. The van der Waals surface area contributed by atoms with Crippen LogP contribution >= 0.6 is 0 Å². The Balaban J connectivity index is 2.02. The smallest absolute Gasteiger partial charge is 0.0949 e. The van der Waals surface area contributed by atoms with Gasteiger partial charge < -0.3 is 0 Å². The van der Waals surface area contributed by atoms with Crippen molar-refractivity contribution in [3.8, 4) is 0 Å². The highest BCUT2D eigenvalue weighted by atomic mass is 14.8. The second-order valence-corrected chi connectivity index (χ2v) is 4.97. The lowest BCUT2D eigenvalue weighted by Gasteiger charge is -2.09. The van der Waals surface area contributed by atoms with Gasteiger partial charge in [0.25, 0.3) is 0 Å². The molecule has 0 saturated carbocycles. The highest BCUT2D eigenvalue weighted by Gasteiger charge is 2.20. The fourth-order valence-corrected chi connectivity index (χ4v) is 2.62. The molecule has 1 atom stereocenters. The lowest BCUT2D eigenvalue weighted by Crippen LogP contribution is -1.99. The fraction of sp³-hybridized carbons (Fsp3) is 0.105. The Morgan fingerprint density at radius 2 is 1.70 bits per heavy atom. The lowest BCUT2D eigenvalue weighted by atomic mass is 10.00. The highest BCUT2D eigenvalue weighted by Crippen LogP contribution is 2.31. The Bertz CT molecular complexity index is 693. The summed E-state index contributed by atoms with van der Waals surface area (Å²) in [6.45, 7) is 6.02. The third kappa shape index (κ3) is 2.23. The van der Waals surface area contributed by atoms with Gasteiger partial charge in [0.05, 0.1) is 11.8 Å². The third-order valence-corrected chi connectivity index (χ3v) is 3.63. The molecule has 98 valence electrons. The summed E-state index contributed by atoms with van der Waals surface area (Å²) in [6, 6.07) is 18.8. The van der Waals surface area contributed by atoms with Crippen molar-refractivity contribution in [2.75, 3.05) is 0 Å². The summed E-state index contributed by atoms with van der Waals surface area (Å²) in [5.74, 6) is 0. The molecule has 0 N–H and O–H groups in total. The SMILES string of the molecule is C=Cc1ccccc1C1C=C(C)C(c2ccccc2)=N1. The molecule has 20 heavy (non-hydrogen) atoms. The van der Waals surface area contributed by atoms with Crippen LogP contribution in [0.4, 0.5) is 0 Å². The highest BCUT2D eigenvalue weighted by molar-refractivity contribution is 6.13. The quantitative estimate of drug-likeness (QED) is 0.749. The second-order valence-electron chi connectivity index (χ2n) is 4.97. The van der Waals surface area contributed by atoms with Crippen LogP contribution in [0.1, 0.15) is 29.7 Å². The number of nitrogens with zero attached hydrogens (tertiary/aromatic N) is 1. The van der Waals surface area contributed by atoms with Gasteiger partial charge in [0.1, 0.15) is 0 Å². The van der Waals surface area contributed by atoms with E-state index in [2.05, 4.69) is 62.0 Å². The van der Waals surface area contributed by atoms with Crippen molar-refractivity contribution in [1.29, 1.82) is 0 Å². The van der Waals surface area contributed by atoms with Crippen molar-refractivity contribution < 1.29 is 0 Å². The standard InChI is InChI=1S/C19H17N/c1-3-15-9-7-8-12-17(15)18-13-14(2)19(20-18)16-10-5-4-6-11-16/h3-13,18H,1H2,2H3.